The van der Waals surface area contributed by atoms with Gasteiger partial charge in [-0.1, -0.05) is 6.92 Å². The lowest BCUT2D eigenvalue weighted by Crippen LogP contribution is -2.54. The van der Waals surface area contributed by atoms with Crippen LogP contribution in [0.3, 0.4) is 0 Å². The molecule has 0 radical (unpaired) electrons. The summed E-state index contributed by atoms with van der Waals surface area (Å²) in [6, 6.07) is 9.80. The molecular weight excluding hydrogens is 424 g/mol. The number of hydrogen-bond donors (Lipinski definition) is 1. The van der Waals surface area contributed by atoms with Gasteiger partial charge in [0.2, 0.25) is 11.7 Å². The Hall–Kier alpha value is -3.69. The summed E-state index contributed by atoms with van der Waals surface area (Å²) in [5.41, 5.74) is 0.126. The van der Waals surface area contributed by atoms with E-state index < -0.39 is 11.6 Å². The fourth-order valence-electron chi connectivity index (χ4n) is 3.34. The first-order valence-corrected chi connectivity index (χ1v) is 10.7. The van der Waals surface area contributed by atoms with Gasteiger partial charge in [0.1, 0.15) is 24.1 Å². The summed E-state index contributed by atoms with van der Waals surface area (Å²) in [5, 5.41) is 15.2. The van der Waals surface area contributed by atoms with Crippen LogP contribution in [0.4, 0.5) is 5.69 Å². The quantitative estimate of drug-likeness (QED) is 0.556. The Morgan fingerprint density at radius 1 is 1.18 bits per heavy atom. The van der Waals surface area contributed by atoms with Crippen molar-refractivity contribution in [2.75, 3.05) is 12.0 Å². The molecule has 1 aromatic carbocycles. The molecular formula is C23H30N6O4. The fraction of sp³-hybridized carbons (Fsp3) is 0.435. The number of aryl methyl sites for hydroxylation is 1. The van der Waals surface area contributed by atoms with Gasteiger partial charge in [-0.05, 0) is 75.7 Å². The number of nitrogens with zero attached hydrogens (tertiary/aromatic N) is 5. The number of carbonyl (C=O) groups excluding carboxylic acids is 2. The second-order valence-electron chi connectivity index (χ2n) is 8.68. The topological polar surface area (TPSA) is 115 Å². The van der Waals surface area contributed by atoms with Crippen LogP contribution < -0.4 is 15.0 Å². The number of rotatable bonds is 8. The van der Waals surface area contributed by atoms with E-state index in [1.165, 1.54) is 9.70 Å². The molecule has 2 amide bonds. The van der Waals surface area contributed by atoms with Crippen molar-refractivity contribution in [3.05, 3.63) is 42.2 Å². The molecule has 0 aliphatic heterocycles. The van der Waals surface area contributed by atoms with Gasteiger partial charge in [0.05, 0.1) is 7.11 Å². The number of nitrogens with one attached hydrogen (secondary N) is 1. The van der Waals surface area contributed by atoms with E-state index in [-0.39, 0.29) is 24.2 Å². The number of methoxy groups -OCH3 is 1. The maximum absolute atomic E-state index is 13.5. The Balaban J connectivity index is 1.89. The van der Waals surface area contributed by atoms with Gasteiger partial charge in [-0.25, -0.2) is 0 Å². The van der Waals surface area contributed by atoms with Gasteiger partial charge in [0.25, 0.3) is 5.91 Å². The number of amides is 2. The van der Waals surface area contributed by atoms with Crippen LogP contribution in [0, 0.1) is 6.92 Å². The number of anilines is 1. The summed E-state index contributed by atoms with van der Waals surface area (Å²) in [7, 11) is 1.57. The van der Waals surface area contributed by atoms with Crippen molar-refractivity contribution in [2.45, 2.75) is 59.2 Å². The van der Waals surface area contributed by atoms with Crippen LogP contribution in [0.1, 0.15) is 39.9 Å². The normalized spacial score (nSPS) is 12.3. The average molecular weight is 455 g/mol. The predicted octanol–water partition coefficient (Wildman–Crippen LogP) is 2.98. The molecule has 1 atom stereocenters. The summed E-state index contributed by atoms with van der Waals surface area (Å²) in [6.45, 7) is 9.18. The summed E-state index contributed by atoms with van der Waals surface area (Å²) in [6.07, 6.45) is 0.418. The minimum absolute atomic E-state index is 0.196. The average Bonchev–Trinajstić information content (AvgIpc) is 3.39. The highest BCUT2D eigenvalue weighted by Crippen LogP contribution is 2.24. The van der Waals surface area contributed by atoms with Crippen molar-refractivity contribution in [3.63, 3.8) is 0 Å². The van der Waals surface area contributed by atoms with Gasteiger partial charge in [-0.3, -0.25) is 14.5 Å². The summed E-state index contributed by atoms with van der Waals surface area (Å²) >= 11 is 0. The lowest BCUT2D eigenvalue weighted by atomic mass is 10.1. The number of benzene rings is 1. The maximum Gasteiger partial charge on any atom is 0.251 e. The number of ether oxygens (including phenoxy) is 1. The fourth-order valence-corrected chi connectivity index (χ4v) is 3.34. The van der Waals surface area contributed by atoms with E-state index in [1.807, 2.05) is 34.6 Å². The second kappa shape index (κ2) is 9.85. The highest BCUT2D eigenvalue weighted by Gasteiger charge is 2.32. The molecule has 0 fully saturated rings. The van der Waals surface area contributed by atoms with E-state index in [9.17, 15) is 9.59 Å². The van der Waals surface area contributed by atoms with Crippen LogP contribution in [-0.4, -0.2) is 50.7 Å². The number of carbonyl (C=O) groups is 2. The molecule has 0 unspecified atom stereocenters. The molecule has 33 heavy (non-hydrogen) atoms. The van der Waals surface area contributed by atoms with E-state index in [1.54, 1.807) is 43.5 Å². The smallest absolute Gasteiger partial charge is 0.251 e. The van der Waals surface area contributed by atoms with Crippen LogP contribution in [0.5, 0.6) is 5.75 Å². The van der Waals surface area contributed by atoms with Gasteiger partial charge in [-0.2, -0.15) is 4.80 Å². The zero-order valence-corrected chi connectivity index (χ0v) is 19.8. The van der Waals surface area contributed by atoms with Crippen molar-refractivity contribution in [3.8, 4) is 17.3 Å². The number of tetrazole rings is 1. The molecule has 2 heterocycles. The van der Waals surface area contributed by atoms with Gasteiger partial charge in [0, 0.05) is 11.2 Å². The first-order valence-electron chi connectivity index (χ1n) is 10.7. The Kier molecular flexibility index (Phi) is 7.15. The van der Waals surface area contributed by atoms with Crippen LogP contribution in [-0.2, 0) is 16.1 Å². The molecule has 0 aliphatic rings. The van der Waals surface area contributed by atoms with Gasteiger partial charge in [-0.15, -0.1) is 10.2 Å². The van der Waals surface area contributed by atoms with Crippen molar-refractivity contribution in [1.82, 2.24) is 25.5 Å². The molecule has 0 saturated carbocycles. The summed E-state index contributed by atoms with van der Waals surface area (Å²) in [5.74, 6) is 1.52. The third-order valence-electron chi connectivity index (χ3n) is 4.81. The van der Waals surface area contributed by atoms with Crippen LogP contribution in [0.25, 0.3) is 11.6 Å². The molecule has 10 heteroatoms. The van der Waals surface area contributed by atoms with E-state index in [2.05, 4.69) is 20.7 Å². The van der Waals surface area contributed by atoms with E-state index >= 15 is 0 Å². The molecule has 1 N–H and O–H groups in total. The molecule has 3 rings (SSSR count). The molecule has 0 aliphatic carbocycles. The van der Waals surface area contributed by atoms with Crippen molar-refractivity contribution in [1.29, 1.82) is 0 Å². The summed E-state index contributed by atoms with van der Waals surface area (Å²) in [4.78, 5) is 29.2. The van der Waals surface area contributed by atoms with Crippen LogP contribution >= 0.6 is 0 Å². The lowest BCUT2D eigenvalue weighted by molar-refractivity contribution is -0.128. The maximum atomic E-state index is 13.5. The first-order chi connectivity index (χ1) is 15.6. The molecule has 0 saturated heterocycles. The number of aromatic nitrogens is 4. The Labute approximate surface area is 192 Å². The number of hydrogen-bond acceptors (Lipinski definition) is 7. The van der Waals surface area contributed by atoms with E-state index in [0.29, 0.717) is 23.6 Å². The Morgan fingerprint density at radius 2 is 1.88 bits per heavy atom. The first kappa shape index (κ1) is 24.0. The van der Waals surface area contributed by atoms with E-state index in [0.717, 1.165) is 5.76 Å². The molecule has 2 aromatic heterocycles. The monoisotopic (exact) mass is 454 g/mol. The highest BCUT2D eigenvalue weighted by atomic mass is 16.5. The third kappa shape index (κ3) is 5.97. The minimum Gasteiger partial charge on any atom is -0.497 e. The zero-order valence-electron chi connectivity index (χ0n) is 19.8. The van der Waals surface area contributed by atoms with Crippen molar-refractivity contribution >= 4 is 17.5 Å². The molecule has 176 valence electrons. The summed E-state index contributed by atoms with van der Waals surface area (Å²) < 4.78 is 10.7. The zero-order chi connectivity index (χ0) is 24.2. The van der Waals surface area contributed by atoms with Crippen molar-refractivity contribution < 1.29 is 18.7 Å². The standard InChI is InChI=1S/C23H30N6O4/c1-7-18(22(31)24-23(3,4)5)29(16-9-11-17(32-6)12-10-16)20(30)14-28-26-21(25-27-28)19-13-8-15(2)33-19/h8-13,18H,7,14H2,1-6H3,(H,24,31)/t18-/m0/s1. The Morgan fingerprint density at radius 3 is 2.42 bits per heavy atom. The largest absolute Gasteiger partial charge is 0.497 e. The van der Waals surface area contributed by atoms with Crippen molar-refractivity contribution in [2.24, 2.45) is 0 Å². The van der Waals surface area contributed by atoms with Gasteiger partial charge in [0.15, 0.2) is 5.76 Å². The Bertz CT molecular complexity index is 1100. The highest BCUT2D eigenvalue weighted by molar-refractivity contribution is 6.00. The van der Waals surface area contributed by atoms with Gasteiger partial charge < -0.3 is 14.5 Å². The van der Waals surface area contributed by atoms with Crippen LogP contribution in [0.15, 0.2) is 40.8 Å². The molecule has 0 spiro atoms. The lowest BCUT2D eigenvalue weighted by Gasteiger charge is -2.33. The number of furan rings is 1. The van der Waals surface area contributed by atoms with E-state index in [4.69, 9.17) is 9.15 Å². The molecule has 0 bridgehead atoms. The third-order valence-corrected chi connectivity index (χ3v) is 4.81. The van der Waals surface area contributed by atoms with Gasteiger partial charge >= 0.3 is 0 Å². The molecule has 10 nitrogen and oxygen atoms in total. The SMILES string of the molecule is CC[C@@H](C(=O)NC(C)(C)C)N(C(=O)Cn1nnc(-c2ccc(C)o2)n1)c1ccc(OC)cc1. The minimum atomic E-state index is -0.721. The van der Waals surface area contributed by atoms with Crippen LogP contribution in [0.2, 0.25) is 0 Å². The second-order valence-corrected chi connectivity index (χ2v) is 8.68. The molecule has 3 aromatic rings. The predicted molar refractivity (Wildman–Crippen MR) is 123 cm³/mol.